The van der Waals surface area contributed by atoms with Gasteiger partial charge < -0.3 is 15.6 Å². The number of ether oxygens (including phenoxy) is 1. The van der Waals surface area contributed by atoms with Gasteiger partial charge in [-0.25, -0.2) is 0 Å². The van der Waals surface area contributed by atoms with Crippen LogP contribution in [0.15, 0.2) is 0 Å². The van der Waals surface area contributed by atoms with Crippen LogP contribution >= 0.6 is 11.8 Å². The molecule has 0 amide bonds. The van der Waals surface area contributed by atoms with Crippen molar-refractivity contribution in [2.45, 2.75) is 31.4 Å². The zero-order valence-electron chi connectivity index (χ0n) is 7.95. The Morgan fingerprint density at radius 2 is 2.46 bits per heavy atom. The molecule has 2 atom stereocenters. The predicted octanol–water partition coefficient (Wildman–Crippen LogP) is 0.608. The van der Waals surface area contributed by atoms with Crippen LogP contribution in [0, 0.1) is 0 Å². The van der Waals surface area contributed by atoms with Crippen molar-refractivity contribution in [2.24, 2.45) is 5.73 Å². The minimum atomic E-state index is -0.0444. The fraction of sp³-hybridized carbons (Fsp3) is 1.00. The molecule has 0 aromatic carbocycles. The summed E-state index contributed by atoms with van der Waals surface area (Å²) in [7, 11) is 0. The lowest BCUT2D eigenvalue weighted by Gasteiger charge is -2.10. The van der Waals surface area contributed by atoms with Crippen molar-refractivity contribution in [2.75, 3.05) is 24.7 Å². The van der Waals surface area contributed by atoms with Crippen LogP contribution in [0.1, 0.15) is 19.3 Å². The zero-order chi connectivity index (χ0) is 9.52. The zero-order valence-corrected chi connectivity index (χ0v) is 8.76. The van der Waals surface area contributed by atoms with Crippen molar-refractivity contribution in [3.63, 3.8) is 0 Å². The van der Waals surface area contributed by atoms with Gasteiger partial charge in [0.1, 0.15) is 0 Å². The molecule has 3 N–H and O–H groups in total. The van der Waals surface area contributed by atoms with Crippen molar-refractivity contribution in [1.82, 2.24) is 0 Å². The number of hydrogen-bond acceptors (Lipinski definition) is 4. The highest BCUT2D eigenvalue weighted by molar-refractivity contribution is 7.99. The van der Waals surface area contributed by atoms with Gasteiger partial charge >= 0.3 is 0 Å². The highest BCUT2D eigenvalue weighted by Crippen LogP contribution is 2.17. The molecule has 0 bridgehead atoms. The number of rotatable bonds is 6. The molecule has 3 nitrogen and oxygen atoms in total. The third-order valence-corrected chi connectivity index (χ3v) is 3.33. The quantitative estimate of drug-likeness (QED) is 0.624. The van der Waals surface area contributed by atoms with Gasteiger partial charge in [-0.05, 0) is 25.0 Å². The molecule has 78 valence electrons. The Morgan fingerprint density at radius 1 is 1.62 bits per heavy atom. The number of thioether (sulfide) groups is 1. The molecular weight excluding hydrogens is 186 g/mol. The summed E-state index contributed by atoms with van der Waals surface area (Å²) in [6, 6.07) is -0.0444. The van der Waals surface area contributed by atoms with Gasteiger partial charge in [0.2, 0.25) is 0 Å². The molecule has 0 aromatic rings. The lowest BCUT2D eigenvalue weighted by molar-refractivity contribution is 0.129. The molecule has 1 heterocycles. The molecule has 13 heavy (non-hydrogen) atoms. The SMILES string of the molecule is NC(CO)CCSCC1CCCO1. The predicted molar refractivity (Wildman–Crippen MR) is 56.0 cm³/mol. The molecule has 0 aromatic heterocycles. The first-order valence-corrected chi connectivity index (χ1v) is 6.04. The smallest absolute Gasteiger partial charge is 0.0666 e. The van der Waals surface area contributed by atoms with E-state index in [1.165, 1.54) is 12.8 Å². The molecule has 1 rings (SSSR count). The molecule has 4 heteroatoms. The minimum absolute atomic E-state index is 0.0444. The van der Waals surface area contributed by atoms with E-state index in [2.05, 4.69) is 0 Å². The molecule has 1 fully saturated rings. The maximum Gasteiger partial charge on any atom is 0.0666 e. The summed E-state index contributed by atoms with van der Waals surface area (Å²) in [5.41, 5.74) is 5.57. The lowest BCUT2D eigenvalue weighted by atomic mass is 10.3. The average Bonchev–Trinajstić information content (AvgIpc) is 2.64. The van der Waals surface area contributed by atoms with E-state index in [0.717, 1.165) is 24.5 Å². The van der Waals surface area contributed by atoms with Crippen LogP contribution in [0.3, 0.4) is 0 Å². The van der Waals surface area contributed by atoms with Crippen LogP contribution in [0.25, 0.3) is 0 Å². The second-order valence-corrected chi connectivity index (χ2v) is 4.59. The van der Waals surface area contributed by atoms with Crippen molar-refractivity contribution in [1.29, 1.82) is 0 Å². The maximum atomic E-state index is 8.69. The Bertz CT molecular complexity index is 129. The van der Waals surface area contributed by atoms with Gasteiger partial charge in [-0.2, -0.15) is 11.8 Å². The third kappa shape index (κ3) is 4.86. The summed E-state index contributed by atoms with van der Waals surface area (Å²) in [6.07, 6.45) is 3.78. The van der Waals surface area contributed by atoms with Gasteiger partial charge in [-0.1, -0.05) is 0 Å². The Kier molecular flexibility index (Phi) is 5.78. The Labute approximate surface area is 84.0 Å². The number of aliphatic hydroxyl groups is 1. The summed E-state index contributed by atoms with van der Waals surface area (Å²) >= 11 is 1.88. The molecule has 0 radical (unpaired) electrons. The molecule has 1 aliphatic rings. The molecule has 0 aliphatic carbocycles. The highest BCUT2D eigenvalue weighted by Gasteiger charge is 2.14. The first-order chi connectivity index (χ1) is 6.33. The number of hydrogen-bond donors (Lipinski definition) is 2. The van der Waals surface area contributed by atoms with Crippen molar-refractivity contribution in [3.05, 3.63) is 0 Å². The average molecular weight is 205 g/mol. The van der Waals surface area contributed by atoms with E-state index in [9.17, 15) is 0 Å². The number of aliphatic hydroxyl groups excluding tert-OH is 1. The van der Waals surface area contributed by atoms with Gasteiger partial charge in [0, 0.05) is 18.4 Å². The third-order valence-electron chi connectivity index (χ3n) is 2.20. The number of nitrogens with two attached hydrogens (primary N) is 1. The minimum Gasteiger partial charge on any atom is -0.395 e. The van der Waals surface area contributed by atoms with E-state index in [1.54, 1.807) is 0 Å². The topological polar surface area (TPSA) is 55.5 Å². The Hall–Kier alpha value is 0.230. The van der Waals surface area contributed by atoms with Crippen molar-refractivity contribution in [3.8, 4) is 0 Å². The summed E-state index contributed by atoms with van der Waals surface area (Å²) < 4.78 is 5.48. The van der Waals surface area contributed by atoms with E-state index in [4.69, 9.17) is 15.6 Å². The van der Waals surface area contributed by atoms with E-state index < -0.39 is 0 Å². The van der Waals surface area contributed by atoms with Crippen LogP contribution in [0.5, 0.6) is 0 Å². The normalized spacial score (nSPS) is 24.9. The largest absolute Gasteiger partial charge is 0.395 e. The van der Waals surface area contributed by atoms with Crippen molar-refractivity contribution >= 4 is 11.8 Å². The first kappa shape index (κ1) is 11.3. The second kappa shape index (κ2) is 6.65. The van der Waals surface area contributed by atoms with Gasteiger partial charge in [-0.15, -0.1) is 0 Å². The van der Waals surface area contributed by atoms with Gasteiger partial charge in [-0.3, -0.25) is 0 Å². The van der Waals surface area contributed by atoms with Gasteiger partial charge in [0.25, 0.3) is 0 Å². The van der Waals surface area contributed by atoms with Crippen LogP contribution in [-0.2, 0) is 4.74 Å². The Balaban J connectivity index is 1.88. The molecule has 1 saturated heterocycles. The molecule has 0 saturated carbocycles. The fourth-order valence-electron chi connectivity index (χ4n) is 1.32. The van der Waals surface area contributed by atoms with Gasteiger partial charge in [0.05, 0.1) is 12.7 Å². The molecule has 2 unspecified atom stereocenters. The first-order valence-electron chi connectivity index (χ1n) is 4.88. The molecule has 1 aliphatic heterocycles. The second-order valence-electron chi connectivity index (χ2n) is 3.44. The Morgan fingerprint density at radius 3 is 3.08 bits per heavy atom. The summed E-state index contributed by atoms with van der Waals surface area (Å²) in [5, 5.41) is 8.69. The lowest BCUT2D eigenvalue weighted by Crippen LogP contribution is -2.25. The van der Waals surface area contributed by atoms with E-state index in [0.29, 0.717) is 6.10 Å². The highest BCUT2D eigenvalue weighted by atomic mass is 32.2. The maximum absolute atomic E-state index is 8.69. The standard InChI is InChI=1S/C9H19NO2S/c10-8(6-11)3-5-13-7-9-2-1-4-12-9/h8-9,11H,1-7,10H2. The molecule has 0 spiro atoms. The van der Waals surface area contributed by atoms with E-state index in [-0.39, 0.29) is 12.6 Å². The monoisotopic (exact) mass is 205 g/mol. The van der Waals surface area contributed by atoms with Crippen LogP contribution in [-0.4, -0.2) is 42.0 Å². The summed E-state index contributed by atoms with van der Waals surface area (Å²) in [5.74, 6) is 2.11. The van der Waals surface area contributed by atoms with E-state index in [1.807, 2.05) is 11.8 Å². The van der Waals surface area contributed by atoms with Crippen LogP contribution in [0.4, 0.5) is 0 Å². The summed E-state index contributed by atoms with van der Waals surface area (Å²) in [4.78, 5) is 0. The van der Waals surface area contributed by atoms with E-state index >= 15 is 0 Å². The van der Waals surface area contributed by atoms with Crippen LogP contribution in [0.2, 0.25) is 0 Å². The summed E-state index contributed by atoms with van der Waals surface area (Å²) in [6.45, 7) is 1.03. The van der Waals surface area contributed by atoms with Crippen molar-refractivity contribution < 1.29 is 9.84 Å². The van der Waals surface area contributed by atoms with Crippen LogP contribution < -0.4 is 5.73 Å². The molecular formula is C9H19NO2S. The fourth-order valence-corrected chi connectivity index (χ4v) is 2.48. The van der Waals surface area contributed by atoms with Gasteiger partial charge in [0.15, 0.2) is 0 Å².